The summed E-state index contributed by atoms with van der Waals surface area (Å²) in [4.78, 5) is 16.0. The molecule has 2 N–H and O–H groups in total. The quantitative estimate of drug-likeness (QED) is 0.770. The summed E-state index contributed by atoms with van der Waals surface area (Å²) in [6.07, 6.45) is 3.14. The van der Waals surface area contributed by atoms with E-state index in [2.05, 4.69) is 15.6 Å². The Morgan fingerprint density at radius 3 is 2.77 bits per heavy atom. The van der Waals surface area contributed by atoms with Gasteiger partial charge in [0.15, 0.2) is 0 Å². The third-order valence-electron chi connectivity index (χ3n) is 3.00. The summed E-state index contributed by atoms with van der Waals surface area (Å²) >= 11 is 0. The van der Waals surface area contributed by atoms with E-state index in [4.69, 9.17) is 4.74 Å². The molecule has 2 aromatic rings. The summed E-state index contributed by atoms with van der Waals surface area (Å²) < 4.78 is 17.7. The van der Waals surface area contributed by atoms with Crippen molar-refractivity contribution < 1.29 is 13.9 Å². The largest absolute Gasteiger partial charge is 0.383 e. The van der Waals surface area contributed by atoms with Crippen LogP contribution < -0.4 is 10.6 Å². The fourth-order valence-corrected chi connectivity index (χ4v) is 1.84. The van der Waals surface area contributed by atoms with Crippen LogP contribution in [0, 0.1) is 5.82 Å². The zero-order valence-corrected chi connectivity index (χ0v) is 12.3. The minimum absolute atomic E-state index is 0.199. The van der Waals surface area contributed by atoms with E-state index in [1.165, 1.54) is 18.3 Å². The minimum Gasteiger partial charge on any atom is -0.383 e. The number of rotatable bonds is 7. The maximum atomic E-state index is 12.8. The lowest BCUT2D eigenvalue weighted by Crippen LogP contribution is -2.27. The second-order valence-corrected chi connectivity index (χ2v) is 4.69. The molecule has 0 fully saturated rings. The second-order valence-electron chi connectivity index (χ2n) is 4.69. The van der Waals surface area contributed by atoms with Gasteiger partial charge in [-0.25, -0.2) is 4.39 Å². The number of aromatic nitrogens is 1. The van der Waals surface area contributed by atoms with Crippen molar-refractivity contribution in [3.63, 3.8) is 0 Å². The van der Waals surface area contributed by atoms with Crippen LogP contribution in [-0.4, -0.2) is 31.2 Å². The summed E-state index contributed by atoms with van der Waals surface area (Å²) in [7, 11) is 1.58. The van der Waals surface area contributed by atoms with E-state index in [1.807, 2.05) is 0 Å². The monoisotopic (exact) mass is 303 g/mol. The van der Waals surface area contributed by atoms with Crippen molar-refractivity contribution in [2.45, 2.75) is 6.54 Å². The van der Waals surface area contributed by atoms with Gasteiger partial charge in [-0.3, -0.25) is 9.78 Å². The first-order valence-corrected chi connectivity index (χ1v) is 6.89. The molecule has 1 aromatic carbocycles. The fraction of sp³-hybridized carbons (Fsp3) is 0.250. The van der Waals surface area contributed by atoms with Crippen LogP contribution in [0.1, 0.15) is 15.9 Å². The van der Waals surface area contributed by atoms with Gasteiger partial charge in [-0.15, -0.1) is 0 Å². The molecule has 6 heteroatoms. The van der Waals surface area contributed by atoms with Crippen LogP contribution in [0.4, 0.5) is 10.1 Å². The number of ether oxygens (including phenoxy) is 1. The van der Waals surface area contributed by atoms with Gasteiger partial charge in [-0.1, -0.05) is 12.1 Å². The molecule has 0 radical (unpaired) electrons. The molecule has 0 aliphatic carbocycles. The lowest BCUT2D eigenvalue weighted by atomic mass is 10.2. The highest BCUT2D eigenvalue weighted by atomic mass is 19.1. The molecule has 0 bridgehead atoms. The molecule has 1 heterocycles. The zero-order chi connectivity index (χ0) is 15.8. The van der Waals surface area contributed by atoms with Gasteiger partial charge in [0.25, 0.3) is 5.91 Å². The maximum Gasteiger partial charge on any atom is 0.253 e. The van der Waals surface area contributed by atoms with Gasteiger partial charge in [0, 0.05) is 32.6 Å². The standard InChI is InChI=1S/C16H18FN3O2/c1-22-7-6-19-16(21)13-8-15(11-18-10-13)20-9-12-2-4-14(17)5-3-12/h2-5,8,10-11,20H,6-7,9H2,1H3,(H,19,21). The summed E-state index contributed by atoms with van der Waals surface area (Å²) in [5.41, 5.74) is 2.14. The van der Waals surface area contributed by atoms with Crippen LogP contribution in [0.2, 0.25) is 0 Å². The average molecular weight is 303 g/mol. The van der Waals surface area contributed by atoms with Crippen LogP contribution in [0.3, 0.4) is 0 Å². The van der Waals surface area contributed by atoms with Crippen LogP contribution in [0.25, 0.3) is 0 Å². The lowest BCUT2D eigenvalue weighted by Gasteiger charge is -2.08. The molecule has 0 spiro atoms. The van der Waals surface area contributed by atoms with Crippen molar-refractivity contribution >= 4 is 11.6 Å². The highest BCUT2D eigenvalue weighted by molar-refractivity contribution is 5.94. The molecular formula is C16H18FN3O2. The highest BCUT2D eigenvalue weighted by Crippen LogP contribution is 2.11. The first-order chi connectivity index (χ1) is 10.7. The summed E-state index contributed by atoms with van der Waals surface area (Å²) in [5.74, 6) is -0.463. The Hall–Kier alpha value is -2.47. The maximum absolute atomic E-state index is 12.8. The molecule has 0 unspecified atom stereocenters. The van der Waals surface area contributed by atoms with E-state index in [9.17, 15) is 9.18 Å². The molecule has 1 amide bonds. The number of benzene rings is 1. The van der Waals surface area contributed by atoms with Gasteiger partial charge in [0.1, 0.15) is 5.82 Å². The molecule has 0 saturated carbocycles. The molecule has 0 atom stereocenters. The summed E-state index contributed by atoms with van der Waals surface area (Å²) in [5, 5.41) is 5.89. The first-order valence-electron chi connectivity index (χ1n) is 6.89. The molecule has 2 rings (SSSR count). The number of halogens is 1. The minimum atomic E-state index is -0.264. The number of methoxy groups -OCH3 is 1. The molecule has 0 aliphatic rings. The Bertz CT molecular complexity index is 617. The Morgan fingerprint density at radius 1 is 1.27 bits per heavy atom. The number of carbonyl (C=O) groups is 1. The number of hydrogen-bond donors (Lipinski definition) is 2. The van der Waals surface area contributed by atoms with Crippen molar-refractivity contribution in [2.24, 2.45) is 0 Å². The molecule has 0 saturated heterocycles. The van der Waals surface area contributed by atoms with Gasteiger partial charge >= 0.3 is 0 Å². The predicted octanol–water partition coefficient (Wildman–Crippen LogP) is 2.21. The predicted molar refractivity (Wildman–Crippen MR) is 82.2 cm³/mol. The SMILES string of the molecule is COCCNC(=O)c1cncc(NCc2ccc(F)cc2)c1. The van der Waals surface area contributed by atoms with Gasteiger partial charge in [0.05, 0.1) is 17.9 Å². The van der Waals surface area contributed by atoms with Gasteiger partial charge < -0.3 is 15.4 Å². The van der Waals surface area contributed by atoms with Crippen LogP contribution in [0.5, 0.6) is 0 Å². The third-order valence-corrected chi connectivity index (χ3v) is 3.00. The van der Waals surface area contributed by atoms with Crippen molar-refractivity contribution in [1.29, 1.82) is 0 Å². The number of anilines is 1. The molecule has 22 heavy (non-hydrogen) atoms. The molecule has 116 valence electrons. The van der Waals surface area contributed by atoms with E-state index in [0.29, 0.717) is 25.3 Å². The third kappa shape index (κ3) is 4.82. The van der Waals surface area contributed by atoms with Crippen molar-refractivity contribution in [3.8, 4) is 0 Å². The average Bonchev–Trinajstić information content (AvgIpc) is 2.55. The van der Waals surface area contributed by atoms with E-state index in [1.54, 1.807) is 31.5 Å². The van der Waals surface area contributed by atoms with Crippen LogP contribution in [-0.2, 0) is 11.3 Å². The lowest BCUT2D eigenvalue weighted by molar-refractivity contribution is 0.0937. The van der Waals surface area contributed by atoms with Crippen LogP contribution in [0.15, 0.2) is 42.7 Å². The Morgan fingerprint density at radius 2 is 2.05 bits per heavy atom. The Kier molecular flexibility index (Phi) is 5.85. The number of amides is 1. The van der Waals surface area contributed by atoms with Crippen molar-refractivity contribution in [3.05, 3.63) is 59.7 Å². The van der Waals surface area contributed by atoms with E-state index in [-0.39, 0.29) is 11.7 Å². The summed E-state index contributed by atoms with van der Waals surface area (Å²) in [6.45, 7) is 1.43. The fourth-order valence-electron chi connectivity index (χ4n) is 1.84. The van der Waals surface area contributed by atoms with Gasteiger partial charge in [0.2, 0.25) is 0 Å². The number of hydrogen-bond acceptors (Lipinski definition) is 4. The van der Waals surface area contributed by atoms with E-state index < -0.39 is 0 Å². The van der Waals surface area contributed by atoms with Crippen molar-refractivity contribution in [2.75, 3.05) is 25.6 Å². The normalized spacial score (nSPS) is 10.3. The van der Waals surface area contributed by atoms with E-state index >= 15 is 0 Å². The number of pyridine rings is 1. The molecule has 0 aliphatic heterocycles. The number of carbonyl (C=O) groups excluding carboxylic acids is 1. The summed E-state index contributed by atoms with van der Waals surface area (Å²) in [6, 6.07) is 7.96. The highest BCUT2D eigenvalue weighted by Gasteiger charge is 2.06. The molecular weight excluding hydrogens is 285 g/mol. The number of nitrogens with zero attached hydrogens (tertiary/aromatic N) is 1. The molecule has 5 nitrogen and oxygen atoms in total. The van der Waals surface area contributed by atoms with Gasteiger partial charge in [-0.05, 0) is 23.8 Å². The second kappa shape index (κ2) is 8.09. The zero-order valence-electron chi connectivity index (χ0n) is 12.3. The smallest absolute Gasteiger partial charge is 0.253 e. The van der Waals surface area contributed by atoms with Gasteiger partial charge in [-0.2, -0.15) is 0 Å². The number of nitrogens with one attached hydrogen (secondary N) is 2. The van der Waals surface area contributed by atoms with Crippen LogP contribution >= 0.6 is 0 Å². The first kappa shape index (κ1) is 15.9. The van der Waals surface area contributed by atoms with Crippen molar-refractivity contribution in [1.82, 2.24) is 10.3 Å². The molecule has 1 aromatic heterocycles. The Balaban J connectivity index is 1.93. The topological polar surface area (TPSA) is 63.2 Å². The Labute approximate surface area is 128 Å². The van der Waals surface area contributed by atoms with E-state index in [0.717, 1.165) is 11.3 Å².